The van der Waals surface area contributed by atoms with Crippen LogP contribution in [-0.4, -0.2) is 36.3 Å². The van der Waals surface area contributed by atoms with Gasteiger partial charge in [-0.15, -0.1) is 0 Å². The van der Waals surface area contributed by atoms with Crippen molar-refractivity contribution in [1.82, 2.24) is 4.98 Å². The third-order valence-electron chi connectivity index (χ3n) is 4.45. The Labute approximate surface area is 149 Å². The van der Waals surface area contributed by atoms with Gasteiger partial charge in [0.05, 0.1) is 7.11 Å². The Morgan fingerprint density at radius 1 is 1.29 bits per heavy atom. The molecule has 0 atom stereocenters. The standard InChI is InChI=1S/C18H19BrN2O3/c1-24-17-14(3-2-4-15(17)18(22)23)12-7-9-21(10-8-12)16-6-5-13(19)11-20-16/h2-6,11-12H,7-10H2,1H3,(H,22,23). The van der Waals surface area contributed by atoms with Crippen LogP contribution < -0.4 is 9.64 Å². The first kappa shape index (κ1) is 16.8. The van der Waals surface area contributed by atoms with Crippen molar-refractivity contribution in [2.45, 2.75) is 18.8 Å². The Hall–Kier alpha value is -2.08. The third kappa shape index (κ3) is 3.38. The fraction of sp³-hybridized carbons (Fsp3) is 0.333. The number of ether oxygens (including phenoxy) is 1. The highest BCUT2D eigenvalue weighted by molar-refractivity contribution is 9.10. The number of carbonyl (C=O) groups is 1. The van der Waals surface area contributed by atoms with Crippen molar-refractivity contribution in [3.8, 4) is 5.75 Å². The number of nitrogens with zero attached hydrogens (tertiary/aromatic N) is 2. The van der Waals surface area contributed by atoms with E-state index in [2.05, 4.69) is 25.8 Å². The molecule has 2 aromatic rings. The first-order valence-corrected chi connectivity index (χ1v) is 8.66. The second-order valence-electron chi connectivity index (χ2n) is 5.83. The van der Waals surface area contributed by atoms with Gasteiger partial charge in [-0.1, -0.05) is 12.1 Å². The average Bonchev–Trinajstić information content (AvgIpc) is 2.61. The Bertz CT molecular complexity index is 726. The van der Waals surface area contributed by atoms with Gasteiger partial charge in [0.25, 0.3) is 0 Å². The number of anilines is 1. The topological polar surface area (TPSA) is 62.7 Å². The lowest BCUT2D eigenvalue weighted by Gasteiger charge is -2.33. The van der Waals surface area contributed by atoms with E-state index < -0.39 is 5.97 Å². The molecule has 0 bridgehead atoms. The van der Waals surface area contributed by atoms with Crippen LogP contribution in [0.4, 0.5) is 5.82 Å². The van der Waals surface area contributed by atoms with Gasteiger partial charge in [-0.05, 0) is 58.5 Å². The molecule has 1 fully saturated rings. The quantitative estimate of drug-likeness (QED) is 0.856. The molecule has 0 radical (unpaired) electrons. The summed E-state index contributed by atoms with van der Waals surface area (Å²) in [7, 11) is 1.53. The SMILES string of the molecule is COc1c(C(=O)O)cccc1C1CCN(c2ccc(Br)cn2)CC1. The molecule has 24 heavy (non-hydrogen) atoms. The number of carboxylic acids is 1. The fourth-order valence-corrected chi connectivity index (χ4v) is 3.48. The number of methoxy groups -OCH3 is 1. The molecule has 5 nitrogen and oxygen atoms in total. The van der Waals surface area contributed by atoms with Gasteiger partial charge in [-0.2, -0.15) is 0 Å². The van der Waals surface area contributed by atoms with Crippen molar-refractivity contribution in [2.24, 2.45) is 0 Å². The van der Waals surface area contributed by atoms with E-state index in [4.69, 9.17) is 4.74 Å². The Morgan fingerprint density at radius 3 is 2.62 bits per heavy atom. The van der Waals surface area contributed by atoms with Crippen LogP contribution >= 0.6 is 15.9 Å². The van der Waals surface area contributed by atoms with Gasteiger partial charge in [0, 0.05) is 23.8 Å². The number of aromatic carboxylic acids is 1. The van der Waals surface area contributed by atoms with E-state index >= 15 is 0 Å². The van der Waals surface area contributed by atoms with Gasteiger partial charge in [0.1, 0.15) is 17.1 Å². The summed E-state index contributed by atoms with van der Waals surface area (Å²) in [5, 5.41) is 9.33. The van der Waals surface area contributed by atoms with E-state index in [1.807, 2.05) is 18.2 Å². The van der Waals surface area contributed by atoms with Gasteiger partial charge in [0.15, 0.2) is 0 Å². The van der Waals surface area contributed by atoms with E-state index in [0.29, 0.717) is 11.7 Å². The summed E-state index contributed by atoms with van der Waals surface area (Å²) in [6.07, 6.45) is 3.69. The van der Waals surface area contributed by atoms with Crippen molar-refractivity contribution in [3.05, 3.63) is 52.1 Å². The third-order valence-corrected chi connectivity index (χ3v) is 4.92. The Kier molecular flexibility index (Phi) is 5.04. The number of para-hydroxylation sites is 1. The van der Waals surface area contributed by atoms with Crippen LogP contribution in [0.5, 0.6) is 5.75 Å². The number of benzene rings is 1. The van der Waals surface area contributed by atoms with Crippen molar-refractivity contribution in [2.75, 3.05) is 25.1 Å². The van der Waals surface area contributed by atoms with Gasteiger partial charge >= 0.3 is 5.97 Å². The summed E-state index contributed by atoms with van der Waals surface area (Å²) in [5.41, 5.74) is 1.22. The minimum Gasteiger partial charge on any atom is -0.496 e. The number of rotatable bonds is 4. The van der Waals surface area contributed by atoms with Crippen molar-refractivity contribution in [1.29, 1.82) is 0 Å². The number of hydrogen-bond donors (Lipinski definition) is 1. The predicted octanol–water partition coefficient (Wildman–Crippen LogP) is 3.93. The molecule has 0 saturated carbocycles. The molecule has 1 aromatic carbocycles. The molecular formula is C18H19BrN2O3. The second-order valence-corrected chi connectivity index (χ2v) is 6.74. The molecule has 0 amide bonds. The first-order chi connectivity index (χ1) is 11.6. The van der Waals surface area contributed by atoms with Gasteiger partial charge in [0.2, 0.25) is 0 Å². The summed E-state index contributed by atoms with van der Waals surface area (Å²) in [4.78, 5) is 18.1. The van der Waals surface area contributed by atoms with E-state index in [1.54, 1.807) is 18.3 Å². The largest absolute Gasteiger partial charge is 0.496 e. The van der Waals surface area contributed by atoms with Crippen LogP contribution in [0.25, 0.3) is 0 Å². The van der Waals surface area contributed by atoms with Gasteiger partial charge in [-0.3, -0.25) is 0 Å². The van der Waals surface area contributed by atoms with Crippen LogP contribution in [0.1, 0.15) is 34.7 Å². The van der Waals surface area contributed by atoms with Crippen molar-refractivity contribution < 1.29 is 14.6 Å². The fourth-order valence-electron chi connectivity index (χ4n) is 3.25. The molecule has 1 N–H and O–H groups in total. The van der Waals surface area contributed by atoms with Crippen LogP contribution in [0, 0.1) is 0 Å². The molecule has 2 heterocycles. The zero-order valence-corrected chi connectivity index (χ0v) is 15.0. The lowest BCUT2D eigenvalue weighted by Crippen LogP contribution is -2.33. The molecule has 1 aromatic heterocycles. The minimum atomic E-state index is -0.954. The predicted molar refractivity (Wildman–Crippen MR) is 96.1 cm³/mol. The molecule has 1 aliphatic rings. The van der Waals surface area contributed by atoms with Gasteiger partial charge in [-0.25, -0.2) is 9.78 Å². The molecular weight excluding hydrogens is 372 g/mol. The maximum Gasteiger partial charge on any atom is 0.339 e. The van der Waals surface area contributed by atoms with E-state index in [0.717, 1.165) is 41.8 Å². The first-order valence-electron chi connectivity index (χ1n) is 7.87. The maximum atomic E-state index is 11.4. The van der Waals surface area contributed by atoms with Crippen LogP contribution in [0.15, 0.2) is 41.0 Å². The second kappa shape index (κ2) is 7.21. The van der Waals surface area contributed by atoms with Crippen LogP contribution in [-0.2, 0) is 0 Å². The summed E-state index contributed by atoms with van der Waals surface area (Å²) in [6.45, 7) is 1.78. The normalized spacial score (nSPS) is 15.3. The average molecular weight is 391 g/mol. The summed E-state index contributed by atoms with van der Waals surface area (Å²) in [6, 6.07) is 9.36. The van der Waals surface area contributed by atoms with E-state index in [9.17, 15) is 9.90 Å². The number of aromatic nitrogens is 1. The van der Waals surface area contributed by atoms with Crippen molar-refractivity contribution >= 4 is 27.7 Å². The lowest BCUT2D eigenvalue weighted by molar-refractivity contribution is 0.0693. The van der Waals surface area contributed by atoms with Crippen molar-refractivity contribution in [3.63, 3.8) is 0 Å². The maximum absolute atomic E-state index is 11.4. The molecule has 3 rings (SSSR count). The Morgan fingerprint density at radius 2 is 2.04 bits per heavy atom. The molecule has 1 saturated heterocycles. The van der Waals surface area contributed by atoms with Crippen LogP contribution in [0.3, 0.4) is 0 Å². The zero-order chi connectivity index (χ0) is 17.1. The monoisotopic (exact) mass is 390 g/mol. The number of carboxylic acid groups (broad SMARTS) is 1. The highest BCUT2D eigenvalue weighted by Gasteiger charge is 2.26. The van der Waals surface area contributed by atoms with E-state index in [-0.39, 0.29) is 5.56 Å². The number of hydrogen-bond acceptors (Lipinski definition) is 4. The molecule has 0 unspecified atom stereocenters. The minimum absolute atomic E-state index is 0.229. The lowest BCUT2D eigenvalue weighted by atomic mass is 9.87. The highest BCUT2D eigenvalue weighted by atomic mass is 79.9. The highest BCUT2D eigenvalue weighted by Crippen LogP contribution is 2.37. The molecule has 0 spiro atoms. The molecule has 6 heteroatoms. The van der Waals surface area contributed by atoms with Crippen LogP contribution in [0.2, 0.25) is 0 Å². The number of halogens is 1. The molecule has 0 aliphatic carbocycles. The molecule has 1 aliphatic heterocycles. The summed E-state index contributed by atoms with van der Waals surface area (Å²) < 4.78 is 6.37. The summed E-state index contributed by atoms with van der Waals surface area (Å²) in [5.74, 6) is 0.810. The zero-order valence-electron chi connectivity index (χ0n) is 13.4. The summed E-state index contributed by atoms with van der Waals surface area (Å²) >= 11 is 3.40. The number of piperidine rings is 1. The Balaban J connectivity index is 1.76. The van der Waals surface area contributed by atoms with E-state index in [1.165, 1.54) is 7.11 Å². The number of pyridine rings is 1. The van der Waals surface area contributed by atoms with Gasteiger partial charge < -0.3 is 14.7 Å². The molecule has 126 valence electrons. The smallest absolute Gasteiger partial charge is 0.339 e.